The summed E-state index contributed by atoms with van der Waals surface area (Å²) in [7, 11) is 0. The van der Waals surface area contributed by atoms with Crippen LogP contribution in [-0.4, -0.2) is 10.1 Å². The van der Waals surface area contributed by atoms with E-state index >= 15 is 0 Å². The summed E-state index contributed by atoms with van der Waals surface area (Å²) < 4.78 is 13.9. The van der Waals surface area contributed by atoms with Gasteiger partial charge in [0.1, 0.15) is 22.3 Å². The summed E-state index contributed by atoms with van der Waals surface area (Å²) in [6, 6.07) is 15.1. The summed E-state index contributed by atoms with van der Waals surface area (Å²) >= 11 is 5.19. The van der Waals surface area contributed by atoms with Crippen LogP contribution in [0.4, 0.5) is 4.39 Å². The van der Waals surface area contributed by atoms with Crippen molar-refractivity contribution in [1.29, 1.82) is 5.26 Å². The van der Waals surface area contributed by atoms with E-state index in [1.54, 1.807) is 6.07 Å². The topological polar surface area (TPSA) is 59.8 Å². The Balaban J connectivity index is 2.35. The van der Waals surface area contributed by atoms with Gasteiger partial charge in [-0.2, -0.15) is 5.26 Å². The molecular weight excluding hydrogens is 323 g/mol. The molecule has 24 heavy (non-hydrogen) atoms. The number of pyridine rings is 1. The van der Waals surface area contributed by atoms with Gasteiger partial charge in [0.2, 0.25) is 0 Å². The smallest absolute Gasteiger partial charge is 0.125 e. The number of nitriles is 1. The minimum absolute atomic E-state index is 0.0693. The number of hydrogen-bond acceptors (Lipinski definition) is 3. The standard InChI is InChI=1S/C19H13FN2OS/c1-11-2-4-12(5-3-11)15-8-13(10-21)19(24)22-18(15)16-9-14(20)6-7-17(16)23/h2-9,23H,1H3,(H,22,24). The lowest BCUT2D eigenvalue weighted by Crippen LogP contribution is -1.94. The maximum Gasteiger partial charge on any atom is 0.125 e. The highest BCUT2D eigenvalue weighted by Gasteiger charge is 2.15. The number of hydrogen-bond donors (Lipinski definition) is 2. The van der Waals surface area contributed by atoms with E-state index < -0.39 is 5.82 Å². The number of phenols is 1. The Morgan fingerprint density at radius 2 is 1.79 bits per heavy atom. The highest BCUT2D eigenvalue weighted by Crippen LogP contribution is 2.36. The molecule has 0 amide bonds. The van der Waals surface area contributed by atoms with Crippen molar-refractivity contribution in [2.45, 2.75) is 6.92 Å². The van der Waals surface area contributed by atoms with Crippen molar-refractivity contribution in [2.24, 2.45) is 0 Å². The lowest BCUT2D eigenvalue weighted by molar-refractivity contribution is 0.475. The number of benzene rings is 2. The summed E-state index contributed by atoms with van der Waals surface area (Å²) in [6.07, 6.45) is 0. The summed E-state index contributed by atoms with van der Waals surface area (Å²) in [5, 5.41) is 19.4. The Morgan fingerprint density at radius 3 is 2.46 bits per heavy atom. The molecule has 0 saturated carbocycles. The summed E-state index contributed by atoms with van der Waals surface area (Å²) in [6.45, 7) is 1.97. The van der Waals surface area contributed by atoms with Crippen molar-refractivity contribution in [3.05, 3.63) is 70.1 Å². The van der Waals surface area contributed by atoms with Gasteiger partial charge in [-0.25, -0.2) is 4.39 Å². The fourth-order valence-corrected chi connectivity index (χ4v) is 2.70. The SMILES string of the molecule is Cc1ccc(-c2cc(C#N)c(=S)[nH]c2-c2cc(F)ccc2O)cc1. The van der Waals surface area contributed by atoms with E-state index in [9.17, 15) is 14.8 Å². The van der Waals surface area contributed by atoms with Gasteiger partial charge in [-0.15, -0.1) is 0 Å². The van der Waals surface area contributed by atoms with Crippen LogP contribution in [0.15, 0.2) is 48.5 Å². The molecule has 0 aliphatic heterocycles. The van der Waals surface area contributed by atoms with Crippen molar-refractivity contribution < 1.29 is 9.50 Å². The van der Waals surface area contributed by atoms with Crippen molar-refractivity contribution in [3.63, 3.8) is 0 Å². The molecule has 0 saturated heterocycles. The fraction of sp³-hybridized carbons (Fsp3) is 0.0526. The Hall–Kier alpha value is -2.97. The predicted molar refractivity (Wildman–Crippen MR) is 93.6 cm³/mol. The number of phenolic OH excluding ortho intramolecular Hbond substituents is 1. The van der Waals surface area contributed by atoms with E-state index in [0.29, 0.717) is 22.4 Å². The first-order valence-corrected chi connectivity index (χ1v) is 7.64. The highest BCUT2D eigenvalue weighted by molar-refractivity contribution is 7.71. The molecule has 3 aromatic rings. The van der Waals surface area contributed by atoms with Crippen LogP contribution in [-0.2, 0) is 0 Å². The normalized spacial score (nSPS) is 10.4. The van der Waals surface area contributed by atoms with Crippen molar-refractivity contribution in [2.75, 3.05) is 0 Å². The van der Waals surface area contributed by atoms with Gasteiger partial charge in [0.15, 0.2) is 0 Å². The molecule has 0 atom stereocenters. The molecule has 0 aliphatic rings. The molecule has 3 nitrogen and oxygen atoms in total. The van der Waals surface area contributed by atoms with Gasteiger partial charge < -0.3 is 10.1 Å². The molecule has 0 radical (unpaired) electrons. The zero-order chi connectivity index (χ0) is 17.3. The molecule has 5 heteroatoms. The van der Waals surface area contributed by atoms with Gasteiger partial charge in [0.05, 0.1) is 11.3 Å². The predicted octanol–water partition coefficient (Wildman–Crippen LogP) is 5.10. The first-order valence-electron chi connectivity index (χ1n) is 7.23. The van der Waals surface area contributed by atoms with Crippen LogP contribution in [0.2, 0.25) is 0 Å². The molecular formula is C19H13FN2OS. The van der Waals surface area contributed by atoms with Crippen LogP contribution in [0.25, 0.3) is 22.4 Å². The molecule has 0 bridgehead atoms. The van der Waals surface area contributed by atoms with Crippen molar-refractivity contribution in [3.8, 4) is 34.2 Å². The Bertz CT molecular complexity index is 1020. The van der Waals surface area contributed by atoms with Crippen LogP contribution in [0, 0.1) is 28.7 Å². The summed E-state index contributed by atoms with van der Waals surface area (Å²) in [5.41, 5.74) is 3.68. The monoisotopic (exact) mass is 336 g/mol. The molecule has 2 N–H and O–H groups in total. The first kappa shape index (κ1) is 15.9. The maximum absolute atomic E-state index is 13.7. The van der Waals surface area contributed by atoms with Gasteiger partial charge in [-0.05, 0) is 36.8 Å². The summed E-state index contributed by atoms with van der Waals surface area (Å²) in [5.74, 6) is -0.540. The van der Waals surface area contributed by atoms with Crippen LogP contribution in [0.1, 0.15) is 11.1 Å². The van der Waals surface area contributed by atoms with Crippen LogP contribution < -0.4 is 0 Å². The number of aromatic nitrogens is 1. The van der Waals surface area contributed by atoms with Crippen molar-refractivity contribution >= 4 is 12.2 Å². The van der Waals surface area contributed by atoms with Crippen LogP contribution in [0.3, 0.4) is 0 Å². The third-order valence-electron chi connectivity index (χ3n) is 3.75. The highest BCUT2D eigenvalue weighted by atomic mass is 32.1. The molecule has 0 fully saturated rings. The van der Waals surface area contributed by atoms with Gasteiger partial charge in [0, 0.05) is 11.1 Å². The van der Waals surface area contributed by atoms with E-state index in [0.717, 1.165) is 11.1 Å². The van der Waals surface area contributed by atoms with Gasteiger partial charge >= 0.3 is 0 Å². The zero-order valence-corrected chi connectivity index (χ0v) is 13.6. The molecule has 1 aromatic heterocycles. The van der Waals surface area contributed by atoms with Gasteiger partial charge in [0.25, 0.3) is 0 Å². The number of aryl methyl sites for hydroxylation is 1. The Labute approximate surface area is 143 Å². The minimum Gasteiger partial charge on any atom is -0.507 e. The molecule has 0 aliphatic carbocycles. The molecule has 1 heterocycles. The second-order valence-corrected chi connectivity index (χ2v) is 5.85. The van der Waals surface area contributed by atoms with Gasteiger partial charge in [-0.1, -0.05) is 42.0 Å². The molecule has 3 rings (SSSR count). The number of halogens is 1. The molecule has 118 valence electrons. The van der Waals surface area contributed by atoms with E-state index in [1.165, 1.54) is 18.2 Å². The number of aromatic hydroxyl groups is 1. The van der Waals surface area contributed by atoms with E-state index in [1.807, 2.05) is 37.3 Å². The number of nitrogens with one attached hydrogen (secondary N) is 1. The second kappa shape index (κ2) is 6.26. The third-order valence-corrected chi connectivity index (χ3v) is 4.07. The first-order chi connectivity index (χ1) is 11.5. The lowest BCUT2D eigenvalue weighted by atomic mass is 9.97. The Kier molecular flexibility index (Phi) is 4.15. The Morgan fingerprint density at radius 1 is 1.08 bits per heavy atom. The zero-order valence-electron chi connectivity index (χ0n) is 12.8. The number of nitrogens with zero attached hydrogens (tertiary/aromatic N) is 1. The molecule has 0 unspecified atom stereocenters. The van der Waals surface area contributed by atoms with Gasteiger partial charge in [-0.3, -0.25) is 0 Å². The fourth-order valence-electron chi connectivity index (χ4n) is 2.50. The lowest BCUT2D eigenvalue weighted by Gasteiger charge is -2.13. The van der Waals surface area contributed by atoms with Crippen molar-refractivity contribution in [1.82, 2.24) is 4.98 Å². The molecule has 0 spiro atoms. The third kappa shape index (κ3) is 2.92. The summed E-state index contributed by atoms with van der Waals surface area (Å²) in [4.78, 5) is 2.96. The van der Waals surface area contributed by atoms with Crippen LogP contribution in [0.5, 0.6) is 5.75 Å². The minimum atomic E-state index is -0.471. The quantitative estimate of drug-likeness (QED) is 0.640. The second-order valence-electron chi connectivity index (χ2n) is 5.44. The average molecular weight is 336 g/mol. The number of rotatable bonds is 2. The van der Waals surface area contributed by atoms with Crippen LogP contribution >= 0.6 is 12.2 Å². The average Bonchev–Trinajstić information content (AvgIpc) is 2.58. The number of H-pyrrole nitrogens is 1. The largest absolute Gasteiger partial charge is 0.507 e. The van der Waals surface area contributed by atoms with E-state index in [2.05, 4.69) is 4.98 Å². The van der Waals surface area contributed by atoms with E-state index in [-0.39, 0.29) is 10.4 Å². The molecule has 2 aromatic carbocycles. The van der Waals surface area contributed by atoms with E-state index in [4.69, 9.17) is 12.2 Å². The maximum atomic E-state index is 13.7. The number of aromatic amines is 1.